The summed E-state index contributed by atoms with van der Waals surface area (Å²) in [5.41, 5.74) is 9.39. The standard InChI is InChI=1S/C12H16BrN/c1-3-10(8-14)7-11-4-5-12(13)9(2)6-11/h4-7H,3,8,14H2,1-2H3. The quantitative estimate of drug-likeness (QED) is 0.877. The molecule has 0 aliphatic heterocycles. The summed E-state index contributed by atoms with van der Waals surface area (Å²) in [7, 11) is 0. The molecule has 0 radical (unpaired) electrons. The Morgan fingerprint density at radius 1 is 1.50 bits per heavy atom. The highest BCUT2D eigenvalue weighted by molar-refractivity contribution is 9.10. The summed E-state index contributed by atoms with van der Waals surface area (Å²) in [5.74, 6) is 0. The van der Waals surface area contributed by atoms with E-state index < -0.39 is 0 Å². The van der Waals surface area contributed by atoms with Gasteiger partial charge in [0.15, 0.2) is 0 Å². The van der Waals surface area contributed by atoms with Crippen molar-refractivity contribution in [3.8, 4) is 0 Å². The Labute approximate surface area is 94.1 Å². The maximum atomic E-state index is 5.62. The molecular weight excluding hydrogens is 238 g/mol. The van der Waals surface area contributed by atoms with Crippen LogP contribution in [0.25, 0.3) is 6.08 Å². The molecule has 76 valence electrons. The number of aryl methyl sites for hydroxylation is 1. The highest BCUT2D eigenvalue weighted by atomic mass is 79.9. The van der Waals surface area contributed by atoms with Gasteiger partial charge in [0.1, 0.15) is 0 Å². The van der Waals surface area contributed by atoms with Gasteiger partial charge in [0, 0.05) is 11.0 Å². The van der Waals surface area contributed by atoms with E-state index in [-0.39, 0.29) is 0 Å². The Morgan fingerprint density at radius 2 is 2.21 bits per heavy atom. The van der Waals surface area contributed by atoms with Crippen LogP contribution >= 0.6 is 15.9 Å². The second-order valence-corrected chi connectivity index (χ2v) is 4.22. The first-order valence-corrected chi connectivity index (χ1v) is 5.62. The predicted octanol–water partition coefficient (Wildman–Crippen LogP) is 3.51. The zero-order chi connectivity index (χ0) is 10.6. The average molecular weight is 254 g/mol. The fourth-order valence-electron chi connectivity index (χ4n) is 1.30. The van der Waals surface area contributed by atoms with Crippen LogP contribution in [0, 0.1) is 6.92 Å². The van der Waals surface area contributed by atoms with E-state index in [0.717, 1.165) is 10.9 Å². The number of rotatable bonds is 3. The van der Waals surface area contributed by atoms with Crippen LogP contribution in [0.5, 0.6) is 0 Å². The summed E-state index contributed by atoms with van der Waals surface area (Å²) >= 11 is 3.48. The molecule has 0 heterocycles. The highest BCUT2D eigenvalue weighted by Gasteiger charge is 1.96. The Morgan fingerprint density at radius 3 is 2.71 bits per heavy atom. The van der Waals surface area contributed by atoms with Crippen molar-refractivity contribution in [3.05, 3.63) is 39.4 Å². The van der Waals surface area contributed by atoms with Gasteiger partial charge in [-0.15, -0.1) is 0 Å². The molecule has 0 aliphatic carbocycles. The van der Waals surface area contributed by atoms with E-state index in [1.165, 1.54) is 16.7 Å². The van der Waals surface area contributed by atoms with Crippen molar-refractivity contribution in [3.63, 3.8) is 0 Å². The number of nitrogens with two attached hydrogens (primary N) is 1. The van der Waals surface area contributed by atoms with Crippen molar-refractivity contribution in [1.29, 1.82) is 0 Å². The molecule has 0 aliphatic rings. The minimum Gasteiger partial charge on any atom is -0.327 e. The smallest absolute Gasteiger partial charge is 0.0204 e. The summed E-state index contributed by atoms with van der Waals surface area (Å²) in [6.45, 7) is 4.87. The largest absolute Gasteiger partial charge is 0.327 e. The van der Waals surface area contributed by atoms with Crippen LogP contribution in [0.3, 0.4) is 0 Å². The van der Waals surface area contributed by atoms with Gasteiger partial charge in [-0.25, -0.2) is 0 Å². The normalized spacial score (nSPS) is 11.9. The summed E-state index contributed by atoms with van der Waals surface area (Å²) in [6.07, 6.45) is 3.19. The molecule has 2 heteroatoms. The minimum atomic E-state index is 0.644. The highest BCUT2D eigenvalue weighted by Crippen LogP contribution is 2.19. The van der Waals surface area contributed by atoms with E-state index in [4.69, 9.17) is 5.73 Å². The van der Waals surface area contributed by atoms with Crippen molar-refractivity contribution in [2.45, 2.75) is 20.3 Å². The van der Waals surface area contributed by atoms with Crippen molar-refractivity contribution in [2.24, 2.45) is 5.73 Å². The summed E-state index contributed by atoms with van der Waals surface area (Å²) in [5, 5.41) is 0. The first-order chi connectivity index (χ1) is 6.67. The number of hydrogen-bond acceptors (Lipinski definition) is 1. The maximum Gasteiger partial charge on any atom is 0.0204 e. The molecule has 1 rings (SSSR count). The van der Waals surface area contributed by atoms with Crippen molar-refractivity contribution < 1.29 is 0 Å². The summed E-state index contributed by atoms with van der Waals surface area (Å²) in [4.78, 5) is 0. The Bertz CT molecular complexity index is 336. The van der Waals surface area contributed by atoms with Crippen molar-refractivity contribution in [1.82, 2.24) is 0 Å². The van der Waals surface area contributed by atoms with Gasteiger partial charge >= 0.3 is 0 Å². The zero-order valence-electron chi connectivity index (χ0n) is 8.68. The summed E-state index contributed by atoms with van der Waals surface area (Å²) in [6, 6.07) is 6.34. The molecule has 0 atom stereocenters. The van der Waals surface area contributed by atoms with Gasteiger partial charge in [-0.3, -0.25) is 0 Å². The first kappa shape index (κ1) is 11.5. The number of halogens is 1. The van der Waals surface area contributed by atoms with Crippen LogP contribution in [-0.2, 0) is 0 Å². The topological polar surface area (TPSA) is 26.0 Å². The van der Waals surface area contributed by atoms with E-state index >= 15 is 0 Å². The Kier molecular flexibility index (Phi) is 4.36. The monoisotopic (exact) mass is 253 g/mol. The Balaban J connectivity index is 2.97. The van der Waals surface area contributed by atoms with E-state index in [1.54, 1.807) is 0 Å². The summed E-state index contributed by atoms with van der Waals surface area (Å²) < 4.78 is 1.15. The van der Waals surface area contributed by atoms with Gasteiger partial charge in [-0.05, 0) is 30.5 Å². The molecule has 0 aromatic heterocycles. The molecular formula is C12H16BrN. The average Bonchev–Trinajstić information content (AvgIpc) is 2.19. The molecule has 0 spiro atoms. The molecule has 14 heavy (non-hydrogen) atoms. The van der Waals surface area contributed by atoms with E-state index in [2.05, 4.69) is 54.1 Å². The van der Waals surface area contributed by atoms with Gasteiger partial charge in [-0.2, -0.15) is 0 Å². The van der Waals surface area contributed by atoms with E-state index in [1.807, 2.05) is 0 Å². The van der Waals surface area contributed by atoms with Crippen LogP contribution in [0.15, 0.2) is 28.2 Å². The molecule has 0 amide bonds. The molecule has 1 nitrogen and oxygen atoms in total. The molecule has 0 fully saturated rings. The molecule has 0 bridgehead atoms. The zero-order valence-corrected chi connectivity index (χ0v) is 10.3. The van der Waals surface area contributed by atoms with Gasteiger partial charge in [0.25, 0.3) is 0 Å². The minimum absolute atomic E-state index is 0.644. The number of hydrogen-bond donors (Lipinski definition) is 1. The lowest BCUT2D eigenvalue weighted by atomic mass is 10.1. The molecule has 2 N–H and O–H groups in total. The van der Waals surface area contributed by atoms with Crippen LogP contribution < -0.4 is 5.73 Å². The van der Waals surface area contributed by atoms with Gasteiger partial charge in [0.05, 0.1) is 0 Å². The fraction of sp³-hybridized carbons (Fsp3) is 0.333. The fourth-order valence-corrected chi connectivity index (χ4v) is 1.55. The second kappa shape index (κ2) is 5.32. The molecule has 0 unspecified atom stereocenters. The lowest BCUT2D eigenvalue weighted by Crippen LogP contribution is -2.01. The van der Waals surface area contributed by atoms with Crippen molar-refractivity contribution >= 4 is 22.0 Å². The third-order valence-corrected chi connectivity index (χ3v) is 3.16. The van der Waals surface area contributed by atoms with Crippen LogP contribution in [-0.4, -0.2) is 6.54 Å². The van der Waals surface area contributed by atoms with Crippen molar-refractivity contribution in [2.75, 3.05) is 6.54 Å². The van der Waals surface area contributed by atoms with Gasteiger partial charge < -0.3 is 5.73 Å². The predicted molar refractivity (Wildman–Crippen MR) is 66.2 cm³/mol. The van der Waals surface area contributed by atoms with Gasteiger partial charge in [0.2, 0.25) is 0 Å². The lowest BCUT2D eigenvalue weighted by molar-refractivity contribution is 1.02. The van der Waals surface area contributed by atoms with E-state index in [0.29, 0.717) is 6.54 Å². The molecule has 1 aromatic rings. The van der Waals surface area contributed by atoms with Gasteiger partial charge in [-0.1, -0.05) is 46.6 Å². The SMILES string of the molecule is CCC(=Cc1ccc(Br)c(C)c1)CN. The first-order valence-electron chi connectivity index (χ1n) is 4.83. The lowest BCUT2D eigenvalue weighted by Gasteiger charge is -2.03. The maximum absolute atomic E-state index is 5.62. The second-order valence-electron chi connectivity index (χ2n) is 3.37. The molecule has 1 aromatic carbocycles. The molecule has 0 saturated carbocycles. The third kappa shape index (κ3) is 2.96. The van der Waals surface area contributed by atoms with Crippen LogP contribution in [0.4, 0.5) is 0 Å². The Hall–Kier alpha value is -0.600. The van der Waals surface area contributed by atoms with Crippen LogP contribution in [0.1, 0.15) is 24.5 Å². The third-order valence-electron chi connectivity index (χ3n) is 2.27. The number of benzene rings is 1. The molecule has 0 saturated heterocycles. The van der Waals surface area contributed by atoms with E-state index in [9.17, 15) is 0 Å². The van der Waals surface area contributed by atoms with Crippen LogP contribution in [0.2, 0.25) is 0 Å².